The molecular weight excluding hydrogens is 366 g/mol. The van der Waals surface area contributed by atoms with Crippen LogP contribution in [-0.2, 0) is 11.3 Å². The molecule has 0 aromatic heterocycles. The van der Waals surface area contributed by atoms with Crippen LogP contribution >= 0.6 is 0 Å². The minimum Gasteiger partial charge on any atom is -0.493 e. The third-order valence-corrected chi connectivity index (χ3v) is 4.49. The second-order valence-electron chi connectivity index (χ2n) is 6.55. The number of aliphatic imine (C=N–C) groups is 1. The normalized spacial score (nSPS) is 12.3. The Morgan fingerprint density at radius 1 is 1.00 bits per heavy atom. The van der Waals surface area contributed by atoms with Crippen molar-refractivity contribution in [1.82, 2.24) is 10.6 Å². The van der Waals surface area contributed by atoms with Crippen molar-refractivity contribution in [2.75, 3.05) is 33.9 Å². The highest BCUT2D eigenvalue weighted by Gasteiger charge is 2.09. The lowest BCUT2D eigenvalue weighted by molar-refractivity contribution is 0.0646. The van der Waals surface area contributed by atoms with E-state index in [0.717, 1.165) is 36.8 Å². The Labute approximate surface area is 174 Å². The Morgan fingerprint density at radius 2 is 1.79 bits per heavy atom. The highest BCUT2D eigenvalue weighted by atomic mass is 16.5. The van der Waals surface area contributed by atoms with E-state index in [1.807, 2.05) is 43.3 Å². The maximum absolute atomic E-state index is 5.92. The van der Waals surface area contributed by atoms with E-state index in [4.69, 9.17) is 14.2 Å². The zero-order chi connectivity index (χ0) is 20.9. The second kappa shape index (κ2) is 12.7. The number of ether oxygens (including phenoxy) is 3. The van der Waals surface area contributed by atoms with E-state index in [1.54, 1.807) is 14.2 Å². The molecule has 0 fully saturated rings. The smallest absolute Gasteiger partial charge is 0.191 e. The fourth-order valence-electron chi connectivity index (χ4n) is 2.94. The summed E-state index contributed by atoms with van der Waals surface area (Å²) in [6.45, 7) is 6.89. The minimum absolute atomic E-state index is 0.0960. The van der Waals surface area contributed by atoms with E-state index >= 15 is 0 Å². The molecule has 158 valence electrons. The number of nitrogens with zero attached hydrogens (tertiary/aromatic N) is 1. The Morgan fingerprint density at radius 3 is 2.48 bits per heavy atom. The fraction of sp³-hybridized carbons (Fsp3) is 0.435. The van der Waals surface area contributed by atoms with Crippen molar-refractivity contribution in [3.05, 3.63) is 59.7 Å². The number of guanidine groups is 1. The molecule has 0 spiro atoms. The summed E-state index contributed by atoms with van der Waals surface area (Å²) >= 11 is 0. The summed E-state index contributed by atoms with van der Waals surface area (Å²) in [6, 6.07) is 16.1. The van der Waals surface area contributed by atoms with Crippen LogP contribution in [0.15, 0.2) is 53.5 Å². The van der Waals surface area contributed by atoms with Crippen molar-refractivity contribution in [2.24, 2.45) is 4.99 Å². The number of hydrogen-bond donors (Lipinski definition) is 2. The van der Waals surface area contributed by atoms with Crippen LogP contribution in [0.3, 0.4) is 0 Å². The van der Waals surface area contributed by atoms with Gasteiger partial charge in [0.2, 0.25) is 0 Å². The first kappa shape index (κ1) is 22.6. The third-order valence-electron chi connectivity index (χ3n) is 4.49. The van der Waals surface area contributed by atoms with Gasteiger partial charge >= 0.3 is 0 Å². The molecule has 1 atom stereocenters. The molecule has 0 saturated heterocycles. The van der Waals surface area contributed by atoms with E-state index in [9.17, 15) is 0 Å². The summed E-state index contributed by atoms with van der Waals surface area (Å²) in [5.74, 6) is 2.20. The number of para-hydroxylation sites is 1. The van der Waals surface area contributed by atoms with Crippen LogP contribution in [0.4, 0.5) is 0 Å². The molecule has 0 aliphatic rings. The topological polar surface area (TPSA) is 64.1 Å². The van der Waals surface area contributed by atoms with Gasteiger partial charge in [0.1, 0.15) is 0 Å². The van der Waals surface area contributed by atoms with Crippen molar-refractivity contribution in [1.29, 1.82) is 0 Å². The summed E-state index contributed by atoms with van der Waals surface area (Å²) in [7, 11) is 3.28. The van der Waals surface area contributed by atoms with Gasteiger partial charge in [0.25, 0.3) is 0 Å². The van der Waals surface area contributed by atoms with E-state index in [-0.39, 0.29) is 6.10 Å². The Bertz CT molecular complexity index is 750. The quantitative estimate of drug-likeness (QED) is 0.341. The predicted molar refractivity (Wildman–Crippen MR) is 118 cm³/mol. The predicted octanol–water partition coefficient (Wildman–Crippen LogP) is 3.93. The molecule has 6 heteroatoms. The van der Waals surface area contributed by atoms with Gasteiger partial charge in [-0.15, -0.1) is 0 Å². The average Bonchev–Trinajstić information content (AvgIpc) is 2.77. The summed E-state index contributed by atoms with van der Waals surface area (Å²) in [5, 5.41) is 6.63. The van der Waals surface area contributed by atoms with Crippen LogP contribution in [0.1, 0.15) is 37.5 Å². The van der Waals surface area contributed by atoms with Crippen molar-refractivity contribution < 1.29 is 14.2 Å². The zero-order valence-electron chi connectivity index (χ0n) is 17.9. The molecule has 0 amide bonds. The van der Waals surface area contributed by atoms with Gasteiger partial charge in [0.05, 0.1) is 26.9 Å². The van der Waals surface area contributed by atoms with Crippen molar-refractivity contribution in [2.45, 2.75) is 32.9 Å². The molecular formula is C23H33N3O3. The van der Waals surface area contributed by atoms with Crippen LogP contribution in [0, 0.1) is 0 Å². The fourth-order valence-corrected chi connectivity index (χ4v) is 2.94. The van der Waals surface area contributed by atoms with Crippen LogP contribution in [0.25, 0.3) is 0 Å². The van der Waals surface area contributed by atoms with Gasteiger partial charge in [0.15, 0.2) is 17.5 Å². The maximum Gasteiger partial charge on any atom is 0.191 e. The first-order valence-corrected chi connectivity index (χ1v) is 10.1. The summed E-state index contributed by atoms with van der Waals surface area (Å²) < 4.78 is 16.8. The van der Waals surface area contributed by atoms with E-state index < -0.39 is 0 Å². The van der Waals surface area contributed by atoms with Gasteiger partial charge in [-0.2, -0.15) is 0 Å². The average molecular weight is 400 g/mol. The molecule has 1 unspecified atom stereocenters. The number of hydrogen-bond acceptors (Lipinski definition) is 4. The molecule has 2 rings (SSSR count). The van der Waals surface area contributed by atoms with Crippen LogP contribution < -0.4 is 20.1 Å². The van der Waals surface area contributed by atoms with Gasteiger partial charge < -0.3 is 24.8 Å². The largest absolute Gasteiger partial charge is 0.493 e. The molecule has 0 bridgehead atoms. The van der Waals surface area contributed by atoms with Crippen LogP contribution in [-0.4, -0.2) is 39.9 Å². The SMILES string of the molecule is CCNC(=NCc1cccc(OC)c1OC)NCCCOC(C)c1ccccc1. The Balaban J connectivity index is 1.82. The van der Waals surface area contributed by atoms with Crippen molar-refractivity contribution in [3.63, 3.8) is 0 Å². The van der Waals surface area contributed by atoms with E-state index in [2.05, 4.69) is 34.7 Å². The molecule has 6 nitrogen and oxygen atoms in total. The van der Waals surface area contributed by atoms with Gasteiger partial charge in [-0.1, -0.05) is 42.5 Å². The minimum atomic E-state index is 0.0960. The molecule has 0 aliphatic heterocycles. The zero-order valence-corrected chi connectivity index (χ0v) is 17.9. The van der Waals surface area contributed by atoms with Crippen LogP contribution in [0.5, 0.6) is 11.5 Å². The molecule has 29 heavy (non-hydrogen) atoms. The summed E-state index contributed by atoms with van der Waals surface area (Å²) in [5.41, 5.74) is 2.17. The lowest BCUT2D eigenvalue weighted by atomic mass is 10.1. The van der Waals surface area contributed by atoms with E-state index in [0.29, 0.717) is 18.9 Å². The molecule has 2 aromatic rings. The third kappa shape index (κ3) is 7.31. The molecule has 0 saturated carbocycles. The first-order chi connectivity index (χ1) is 14.2. The van der Waals surface area contributed by atoms with E-state index in [1.165, 1.54) is 5.56 Å². The molecule has 2 aromatic carbocycles. The van der Waals surface area contributed by atoms with Crippen molar-refractivity contribution in [3.8, 4) is 11.5 Å². The van der Waals surface area contributed by atoms with Gasteiger partial charge in [-0.3, -0.25) is 0 Å². The standard InChI is InChI=1S/C23H33N3O3/c1-5-24-23(26-17-20-13-9-14-21(27-3)22(20)28-4)25-15-10-16-29-18(2)19-11-7-6-8-12-19/h6-9,11-14,18H,5,10,15-17H2,1-4H3,(H2,24,25,26). The molecule has 0 heterocycles. The Hall–Kier alpha value is -2.73. The number of rotatable bonds is 11. The van der Waals surface area contributed by atoms with Crippen LogP contribution in [0.2, 0.25) is 0 Å². The lowest BCUT2D eigenvalue weighted by Crippen LogP contribution is -2.38. The Kier molecular flexibility index (Phi) is 9.86. The maximum atomic E-state index is 5.92. The highest BCUT2D eigenvalue weighted by Crippen LogP contribution is 2.31. The number of methoxy groups -OCH3 is 2. The molecule has 0 radical (unpaired) electrons. The molecule has 2 N–H and O–H groups in total. The monoisotopic (exact) mass is 399 g/mol. The number of benzene rings is 2. The molecule has 0 aliphatic carbocycles. The second-order valence-corrected chi connectivity index (χ2v) is 6.55. The van der Waals surface area contributed by atoms with Gasteiger partial charge in [-0.25, -0.2) is 4.99 Å². The first-order valence-electron chi connectivity index (χ1n) is 10.1. The highest BCUT2D eigenvalue weighted by molar-refractivity contribution is 5.79. The van der Waals surface area contributed by atoms with Gasteiger partial charge in [-0.05, 0) is 31.9 Å². The lowest BCUT2D eigenvalue weighted by Gasteiger charge is -2.15. The summed E-state index contributed by atoms with van der Waals surface area (Å²) in [6.07, 6.45) is 0.989. The summed E-state index contributed by atoms with van der Waals surface area (Å²) in [4.78, 5) is 4.67. The number of nitrogens with one attached hydrogen (secondary N) is 2. The van der Waals surface area contributed by atoms with Gasteiger partial charge in [0, 0.05) is 25.3 Å². The van der Waals surface area contributed by atoms with Crippen molar-refractivity contribution >= 4 is 5.96 Å².